The van der Waals surface area contributed by atoms with E-state index in [1.807, 2.05) is 49.4 Å². The number of fused-ring (bicyclic) bond motifs is 1. The van der Waals surface area contributed by atoms with Gasteiger partial charge in [0, 0.05) is 11.1 Å². The van der Waals surface area contributed by atoms with E-state index >= 15 is 0 Å². The van der Waals surface area contributed by atoms with Crippen LogP contribution in [0.15, 0.2) is 48.5 Å². The molecule has 0 spiro atoms. The SMILES string of the molecule is Cc1cc(-c2c(O)ccc3ccccc23)cc(C(C)(C)C)c1O. The fourth-order valence-corrected chi connectivity index (χ4v) is 3.06. The number of hydrogen-bond acceptors (Lipinski definition) is 2. The van der Waals surface area contributed by atoms with Gasteiger partial charge in [-0.05, 0) is 52.4 Å². The Hall–Kier alpha value is -2.48. The third kappa shape index (κ3) is 2.65. The second-order valence-corrected chi connectivity index (χ2v) is 7.12. The van der Waals surface area contributed by atoms with E-state index in [1.54, 1.807) is 6.07 Å². The molecule has 0 atom stereocenters. The molecule has 0 aromatic heterocycles. The molecule has 0 heterocycles. The smallest absolute Gasteiger partial charge is 0.124 e. The number of rotatable bonds is 1. The Kier molecular flexibility index (Phi) is 3.56. The van der Waals surface area contributed by atoms with Gasteiger partial charge in [-0.15, -0.1) is 0 Å². The minimum Gasteiger partial charge on any atom is -0.507 e. The maximum Gasteiger partial charge on any atom is 0.124 e. The van der Waals surface area contributed by atoms with Crippen LogP contribution in [0.2, 0.25) is 0 Å². The van der Waals surface area contributed by atoms with Gasteiger partial charge in [-0.2, -0.15) is 0 Å². The number of benzene rings is 3. The molecule has 118 valence electrons. The molecule has 3 aromatic rings. The minimum absolute atomic E-state index is 0.176. The van der Waals surface area contributed by atoms with Crippen LogP contribution >= 0.6 is 0 Å². The van der Waals surface area contributed by atoms with Crippen molar-refractivity contribution >= 4 is 10.8 Å². The highest BCUT2D eigenvalue weighted by Crippen LogP contribution is 2.41. The van der Waals surface area contributed by atoms with Crippen LogP contribution < -0.4 is 0 Å². The van der Waals surface area contributed by atoms with Crippen molar-refractivity contribution in [3.63, 3.8) is 0 Å². The summed E-state index contributed by atoms with van der Waals surface area (Å²) in [4.78, 5) is 0. The summed E-state index contributed by atoms with van der Waals surface area (Å²) in [6, 6.07) is 15.6. The van der Waals surface area contributed by atoms with Crippen LogP contribution in [0.25, 0.3) is 21.9 Å². The summed E-state index contributed by atoms with van der Waals surface area (Å²) in [5.74, 6) is 0.592. The van der Waals surface area contributed by atoms with E-state index in [9.17, 15) is 10.2 Å². The van der Waals surface area contributed by atoms with Gasteiger partial charge in [0.2, 0.25) is 0 Å². The molecular weight excluding hydrogens is 284 g/mol. The molecule has 0 fully saturated rings. The fraction of sp³-hybridized carbons (Fsp3) is 0.238. The highest BCUT2D eigenvalue weighted by molar-refractivity contribution is 5.99. The second kappa shape index (κ2) is 5.31. The third-order valence-corrected chi connectivity index (χ3v) is 4.30. The molecule has 0 aliphatic carbocycles. The highest BCUT2D eigenvalue weighted by atomic mass is 16.3. The Labute approximate surface area is 137 Å². The summed E-state index contributed by atoms with van der Waals surface area (Å²) < 4.78 is 0. The molecule has 0 aliphatic heterocycles. The minimum atomic E-state index is -0.176. The normalized spacial score (nSPS) is 11.8. The van der Waals surface area contributed by atoms with Crippen LogP contribution in [-0.4, -0.2) is 10.2 Å². The topological polar surface area (TPSA) is 40.5 Å². The number of phenols is 2. The van der Waals surface area contributed by atoms with Crippen molar-refractivity contribution in [2.24, 2.45) is 0 Å². The lowest BCUT2D eigenvalue weighted by Gasteiger charge is -2.23. The molecule has 0 amide bonds. The Balaban J connectivity index is 2.36. The van der Waals surface area contributed by atoms with E-state index in [4.69, 9.17) is 0 Å². The maximum atomic E-state index is 10.5. The van der Waals surface area contributed by atoms with Gasteiger partial charge in [0.25, 0.3) is 0 Å². The van der Waals surface area contributed by atoms with Crippen molar-refractivity contribution in [1.29, 1.82) is 0 Å². The molecule has 23 heavy (non-hydrogen) atoms. The van der Waals surface area contributed by atoms with Crippen LogP contribution in [-0.2, 0) is 5.41 Å². The molecule has 2 nitrogen and oxygen atoms in total. The quantitative estimate of drug-likeness (QED) is 0.621. The molecule has 3 rings (SSSR count). The average Bonchev–Trinajstić information content (AvgIpc) is 2.49. The van der Waals surface area contributed by atoms with Crippen LogP contribution in [0.5, 0.6) is 11.5 Å². The van der Waals surface area contributed by atoms with Gasteiger partial charge in [0.1, 0.15) is 11.5 Å². The Bertz CT molecular complexity index is 886. The van der Waals surface area contributed by atoms with Crippen LogP contribution in [0, 0.1) is 6.92 Å². The van der Waals surface area contributed by atoms with E-state index in [2.05, 4.69) is 20.8 Å². The summed E-state index contributed by atoms with van der Waals surface area (Å²) in [6.07, 6.45) is 0. The zero-order valence-corrected chi connectivity index (χ0v) is 14.0. The maximum absolute atomic E-state index is 10.5. The molecule has 0 aliphatic rings. The van der Waals surface area contributed by atoms with Gasteiger partial charge in [-0.1, -0.05) is 51.1 Å². The monoisotopic (exact) mass is 306 g/mol. The van der Waals surface area contributed by atoms with Gasteiger partial charge >= 0.3 is 0 Å². The first-order valence-electron chi connectivity index (χ1n) is 7.84. The van der Waals surface area contributed by atoms with Gasteiger partial charge < -0.3 is 10.2 Å². The summed E-state index contributed by atoms with van der Waals surface area (Å²) in [5, 5.41) is 23.0. The van der Waals surface area contributed by atoms with Crippen molar-refractivity contribution in [2.45, 2.75) is 33.1 Å². The van der Waals surface area contributed by atoms with Gasteiger partial charge in [-0.3, -0.25) is 0 Å². The number of aromatic hydroxyl groups is 2. The molecule has 3 aromatic carbocycles. The van der Waals surface area contributed by atoms with Crippen molar-refractivity contribution < 1.29 is 10.2 Å². The predicted molar refractivity (Wildman–Crippen MR) is 96.2 cm³/mol. The Morgan fingerprint density at radius 1 is 0.870 bits per heavy atom. The molecular formula is C21H22O2. The van der Waals surface area contributed by atoms with Gasteiger partial charge in [0.15, 0.2) is 0 Å². The lowest BCUT2D eigenvalue weighted by molar-refractivity contribution is 0.443. The molecule has 0 unspecified atom stereocenters. The summed E-state index contributed by atoms with van der Waals surface area (Å²) in [7, 11) is 0. The second-order valence-electron chi connectivity index (χ2n) is 7.12. The Morgan fingerprint density at radius 2 is 1.57 bits per heavy atom. The lowest BCUT2D eigenvalue weighted by Crippen LogP contribution is -2.12. The van der Waals surface area contributed by atoms with Gasteiger partial charge in [-0.25, -0.2) is 0 Å². The third-order valence-electron chi connectivity index (χ3n) is 4.30. The van der Waals surface area contributed by atoms with Crippen LogP contribution in [0.3, 0.4) is 0 Å². The molecule has 2 N–H and O–H groups in total. The van der Waals surface area contributed by atoms with E-state index in [1.165, 1.54) is 0 Å². The fourth-order valence-electron chi connectivity index (χ4n) is 3.06. The van der Waals surface area contributed by atoms with Crippen molar-refractivity contribution in [3.8, 4) is 22.6 Å². The first-order chi connectivity index (χ1) is 10.8. The van der Waals surface area contributed by atoms with E-state index in [0.29, 0.717) is 5.75 Å². The van der Waals surface area contributed by atoms with Crippen molar-refractivity contribution in [3.05, 3.63) is 59.7 Å². The summed E-state index contributed by atoms with van der Waals surface area (Å²) in [5.41, 5.74) is 3.28. The van der Waals surface area contributed by atoms with E-state index in [-0.39, 0.29) is 11.2 Å². The Morgan fingerprint density at radius 3 is 2.26 bits per heavy atom. The van der Waals surface area contributed by atoms with Crippen LogP contribution in [0.4, 0.5) is 0 Å². The number of hydrogen-bond donors (Lipinski definition) is 2. The molecule has 0 radical (unpaired) electrons. The highest BCUT2D eigenvalue weighted by Gasteiger charge is 2.21. The molecule has 0 saturated carbocycles. The number of phenolic OH excluding ortho intramolecular Hbond substituents is 2. The standard InChI is InChI=1S/C21H22O2/c1-13-11-15(12-17(20(13)23)21(2,3)4)19-16-8-6-5-7-14(16)9-10-18(19)22/h5-12,22-23H,1-4H3. The molecule has 0 saturated heterocycles. The molecule has 0 bridgehead atoms. The zero-order valence-electron chi connectivity index (χ0n) is 14.0. The molecule has 2 heteroatoms. The van der Waals surface area contributed by atoms with E-state index in [0.717, 1.165) is 33.0 Å². The van der Waals surface area contributed by atoms with Crippen LogP contribution in [0.1, 0.15) is 31.9 Å². The largest absolute Gasteiger partial charge is 0.507 e. The first kappa shape index (κ1) is 15.4. The predicted octanol–water partition coefficient (Wildman–Crippen LogP) is 5.52. The first-order valence-corrected chi connectivity index (χ1v) is 7.84. The van der Waals surface area contributed by atoms with E-state index < -0.39 is 0 Å². The zero-order chi connectivity index (χ0) is 16.8. The van der Waals surface area contributed by atoms with Gasteiger partial charge in [0.05, 0.1) is 0 Å². The summed E-state index contributed by atoms with van der Waals surface area (Å²) in [6.45, 7) is 8.13. The number of aryl methyl sites for hydroxylation is 1. The van der Waals surface area contributed by atoms with Crippen molar-refractivity contribution in [1.82, 2.24) is 0 Å². The van der Waals surface area contributed by atoms with Crippen molar-refractivity contribution in [2.75, 3.05) is 0 Å². The summed E-state index contributed by atoms with van der Waals surface area (Å²) >= 11 is 0. The lowest BCUT2D eigenvalue weighted by atomic mass is 9.83. The average molecular weight is 306 g/mol.